The van der Waals surface area contributed by atoms with Gasteiger partial charge in [0.1, 0.15) is 0 Å². The summed E-state index contributed by atoms with van der Waals surface area (Å²) in [5, 5.41) is 2.88. The summed E-state index contributed by atoms with van der Waals surface area (Å²) in [6.45, 7) is 0. The van der Waals surface area contributed by atoms with Gasteiger partial charge in [-0.05, 0) is 17.7 Å². The highest BCUT2D eigenvalue weighted by Crippen LogP contribution is 2.28. The topological polar surface area (TPSA) is 74.6 Å². The van der Waals surface area contributed by atoms with Crippen LogP contribution >= 0.6 is 32.3 Å². The molecule has 0 radical (unpaired) electrons. The van der Waals surface area contributed by atoms with Crippen LogP contribution in [0, 0.1) is 0 Å². The third-order valence-electron chi connectivity index (χ3n) is 1.54. The quantitative estimate of drug-likeness (QED) is 0.478. The van der Waals surface area contributed by atoms with Crippen LogP contribution in [0.5, 0.6) is 0 Å². The maximum absolute atomic E-state index is 8.74. The van der Waals surface area contributed by atoms with Gasteiger partial charge in [0.25, 0.3) is 10.3 Å². The number of halogens is 1. The zero-order valence-electron chi connectivity index (χ0n) is 8.28. The van der Waals surface area contributed by atoms with Crippen LogP contribution in [0.4, 0.5) is 0 Å². The van der Waals surface area contributed by atoms with E-state index in [9.17, 15) is 0 Å². The van der Waals surface area contributed by atoms with Gasteiger partial charge in [0.15, 0.2) is 10.3 Å². The second-order valence-corrected chi connectivity index (χ2v) is 6.28. The van der Waals surface area contributed by atoms with Gasteiger partial charge in [0, 0.05) is 11.1 Å². The molecule has 0 spiro atoms. The SMILES string of the molecule is Clc1ccc(-c2cc[s+]s2)cc1.O=S(=O)(O)O. The molecule has 1 aromatic carbocycles. The van der Waals surface area contributed by atoms with E-state index in [1.165, 1.54) is 10.4 Å². The van der Waals surface area contributed by atoms with Crippen molar-refractivity contribution in [3.8, 4) is 10.4 Å². The van der Waals surface area contributed by atoms with Crippen LogP contribution in [0.1, 0.15) is 0 Å². The highest BCUT2D eigenvalue weighted by atomic mass is 35.5. The van der Waals surface area contributed by atoms with E-state index in [4.69, 9.17) is 29.1 Å². The molecule has 0 aliphatic rings. The Bertz CT molecular complexity index is 540. The molecule has 2 N–H and O–H groups in total. The summed E-state index contributed by atoms with van der Waals surface area (Å²) < 4.78 is 31.6. The number of hydrogen-bond donors (Lipinski definition) is 2. The first-order valence-electron chi connectivity index (χ1n) is 4.19. The van der Waals surface area contributed by atoms with Crippen LogP contribution in [0.15, 0.2) is 35.7 Å². The van der Waals surface area contributed by atoms with Gasteiger partial charge in [-0.1, -0.05) is 23.7 Å². The van der Waals surface area contributed by atoms with Crippen LogP contribution in [0.2, 0.25) is 5.02 Å². The summed E-state index contributed by atoms with van der Waals surface area (Å²) >= 11 is 5.78. The maximum Gasteiger partial charge on any atom is 0.394 e. The molecule has 0 atom stereocenters. The predicted molar refractivity (Wildman–Crippen MR) is 71.2 cm³/mol. The zero-order chi connectivity index (χ0) is 12.9. The fraction of sp³-hybridized carbons (Fsp3) is 0. The van der Waals surface area contributed by atoms with Crippen LogP contribution < -0.4 is 0 Å². The normalized spacial score (nSPS) is 10.5. The Morgan fingerprint density at radius 2 is 1.65 bits per heavy atom. The Kier molecular flexibility index (Phi) is 5.44. The van der Waals surface area contributed by atoms with Gasteiger partial charge in [0.05, 0.1) is 4.88 Å². The molecule has 0 amide bonds. The van der Waals surface area contributed by atoms with Gasteiger partial charge in [-0.3, -0.25) is 9.11 Å². The van der Waals surface area contributed by atoms with E-state index >= 15 is 0 Å². The second-order valence-electron chi connectivity index (χ2n) is 2.80. The Morgan fingerprint density at radius 3 is 2.06 bits per heavy atom. The average Bonchev–Trinajstić information content (AvgIpc) is 2.69. The number of rotatable bonds is 1. The fourth-order valence-corrected chi connectivity index (χ4v) is 2.97. The van der Waals surface area contributed by atoms with Crippen molar-refractivity contribution >= 4 is 42.7 Å². The van der Waals surface area contributed by atoms with Crippen LogP contribution in [-0.4, -0.2) is 17.5 Å². The highest BCUT2D eigenvalue weighted by molar-refractivity contribution is 7.79. The summed E-state index contributed by atoms with van der Waals surface area (Å²) in [4.78, 5) is 1.30. The molecule has 8 heteroatoms. The molecule has 1 heterocycles. The molecular weight excluding hydrogens is 304 g/mol. The minimum absolute atomic E-state index is 0.791. The minimum atomic E-state index is -4.67. The molecule has 0 saturated carbocycles. The molecule has 0 aliphatic carbocycles. The number of hydrogen-bond acceptors (Lipinski definition) is 3. The van der Waals surface area contributed by atoms with Crippen molar-refractivity contribution < 1.29 is 17.5 Å². The van der Waals surface area contributed by atoms with Gasteiger partial charge in [-0.25, -0.2) is 0 Å². The second kappa shape index (κ2) is 6.39. The van der Waals surface area contributed by atoms with E-state index in [2.05, 4.69) is 11.4 Å². The van der Waals surface area contributed by atoms with Gasteiger partial charge < -0.3 is 0 Å². The lowest BCUT2D eigenvalue weighted by atomic mass is 10.2. The van der Waals surface area contributed by atoms with Crippen LogP contribution in [-0.2, 0) is 10.4 Å². The number of benzene rings is 1. The first-order chi connectivity index (χ1) is 7.86. The van der Waals surface area contributed by atoms with E-state index in [1.807, 2.05) is 24.3 Å². The Labute approximate surface area is 111 Å². The van der Waals surface area contributed by atoms with Crippen molar-refractivity contribution in [2.45, 2.75) is 0 Å². The van der Waals surface area contributed by atoms with E-state index in [0.717, 1.165) is 5.02 Å². The van der Waals surface area contributed by atoms with Crippen molar-refractivity contribution in [1.29, 1.82) is 0 Å². The van der Waals surface area contributed by atoms with Crippen molar-refractivity contribution in [2.75, 3.05) is 0 Å². The minimum Gasteiger partial charge on any atom is -0.264 e. The van der Waals surface area contributed by atoms with Crippen LogP contribution in [0.25, 0.3) is 10.4 Å². The van der Waals surface area contributed by atoms with Gasteiger partial charge in [0.2, 0.25) is 5.38 Å². The average molecular weight is 312 g/mol. The zero-order valence-corrected chi connectivity index (χ0v) is 11.5. The van der Waals surface area contributed by atoms with E-state index < -0.39 is 10.4 Å². The van der Waals surface area contributed by atoms with Crippen molar-refractivity contribution in [1.82, 2.24) is 0 Å². The summed E-state index contributed by atoms with van der Waals surface area (Å²) in [6, 6.07) is 10.0. The lowest BCUT2D eigenvalue weighted by Crippen LogP contribution is -1.89. The standard InChI is InChI=1S/C9H6ClS2.H2O4S/c10-8-3-1-7(2-4-8)9-5-6-11-12-9;1-5(2,3)4/h1-6H;(H2,1,2,3,4)/q+1;. The molecule has 2 rings (SSSR count). The monoisotopic (exact) mass is 311 g/mol. The third-order valence-corrected chi connectivity index (χ3v) is 3.85. The fourth-order valence-electron chi connectivity index (χ4n) is 0.955. The molecule has 0 fully saturated rings. The molecule has 17 heavy (non-hydrogen) atoms. The molecule has 1 aromatic heterocycles. The summed E-state index contributed by atoms with van der Waals surface area (Å²) in [5.41, 5.74) is 1.24. The summed E-state index contributed by atoms with van der Waals surface area (Å²) in [7, 11) is -1.14. The Balaban J connectivity index is 0.000000249. The Hall–Kier alpha value is -0.570. The van der Waals surface area contributed by atoms with Gasteiger partial charge >= 0.3 is 10.4 Å². The summed E-state index contributed by atoms with van der Waals surface area (Å²) in [6.07, 6.45) is 0. The highest BCUT2D eigenvalue weighted by Gasteiger charge is 2.04. The van der Waals surface area contributed by atoms with Gasteiger partial charge in [-0.15, -0.1) is 0 Å². The third kappa shape index (κ3) is 6.67. The Morgan fingerprint density at radius 1 is 1.12 bits per heavy atom. The smallest absolute Gasteiger partial charge is 0.264 e. The summed E-state index contributed by atoms with van der Waals surface area (Å²) in [5.74, 6) is 0. The largest absolute Gasteiger partial charge is 0.394 e. The molecule has 2 aromatic rings. The van der Waals surface area contributed by atoms with Crippen molar-refractivity contribution in [2.24, 2.45) is 0 Å². The van der Waals surface area contributed by atoms with Crippen LogP contribution in [0.3, 0.4) is 0 Å². The lowest BCUT2D eigenvalue weighted by molar-refractivity contribution is 0.381. The maximum atomic E-state index is 8.74. The van der Waals surface area contributed by atoms with Crippen molar-refractivity contribution in [3.63, 3.8) is 0 Å². The molecule has 92 valence electrons. The van der Waals surface area contributed by atoms with E-state index in [0.29, 0.717) is 0 Å². The molecular formula is C9H8ClO4S3+. The van der Waals surface area contributed by atoms with E-state index in [1.54, 1.807) is 20.7 Å². The molecule has 0 bridgehead atoms. The molecule has 4 nitrogen and oxygen atoms in total. The molecule has 0 unspecified atom stereocenters. The first kappa shape index (κ1) is 14.5. The van der Waals surface area contributed by atoms with Gasteiger partial charge in [-0.2, -0.15) is 8.42 Å². The molecule has 0 saturated heterocycles. The molecule has 0 aliphatic heterocycles. The first-order valence-corrected chi connectivity index (χ1v) is 8.18. The van der Waals surface area contributed by atoms with Crippen molar-refractivity contribution in [3.05, 3.63) is 40.7 Å². The van der Waals surface area contributed by atoms with E-state index in [-0.39, 0.29) is 0 Å². The lowest BCUT2D eigenvalue weighted by Gasteiger charge is -1.92. The predicted octanol–water partition coefficient (Wildman–Crippen LogP) is 3.76.